The fourth-order valence-corrected chi connectivity index (χ4v) is 5.35. The fourth-order valence-electron chi connectivity index (χ4n) is 3.91. The topological polar surface area (TPSA) is 86.8 Å². The first kappa shape index (κ1) is 28.8. The number of carbonyl (C=O) groups is 2. The SMILES string of the molecule is CCC(C)NC(=O)C(C)N(Cc1ccccc1C)C(=O)CN(c1ccccc1F)S(=O)(=O)c1ccccc1. The van der Waals surface area contributed by atoms with Crippen LogP contribution in [0, 0.1) is 12.7 Å². The van der Waals surface area contributed by atoms with E-state index < -0.39 is 34.3 Å². The predicted octanol–water partition coefficient (Wildman–Crippen LogP) is 4.66. The molecule has 3 aromatic rings. The van der Waals surface area contributed by atoms with Crippen LogP contribution in [0.3, 0.4) is 0 Å². The number of hydrogen-bond donors (Lipinski definition) is 1. The van der Waals surface area contributed by atoms with Crippen LogP contribution in [-0.2, 0) is 26.2 Å². The van der Waals surface area contributed by atoms with Gasteiger partial charge in [-0.05, 0) is 62.6 Å². The zero-order chi connectivity index (χ0) is 27.9. The molecule has 2 atom stereocenters. The van der Waals surface area contributed by atoms with Gasteiger partial charge in [-0.1, -0.05) is 61.5 Å². The molecule has 2 unspecified atom stereocenters. The summed E-state index contributed by atoms with van der Waals surface area (Å²) in [6, 6.07) is 19.4. The molecule has 38 heavy (non-hydrogen) atoms. The fraction of sp³-hybridized carbons (Fsp3) is 0.310. The number of aryl methyl sites for hydroxylation is 1. The molecule has 2 amide bonds. The average molecular weight is 540 g/mol. The highest BCUT2D eigenvalue weighted by molar-refractivity contribution is 7.92. The molecule has 0 aromatic heterocycles. The van der Waals surface area contributed by atoms with Crippen LogP contribution in [0.1, 0.15) is 38.3 Å². The Morgan fingerprint density at radius 2 is 1.53 bits per heavy atom. The Balaban J connectivity index is 2.04. The lowest BCUT2D eigenvalue weighted by Crippen LogP contribution is -2.52. The molecule has 0 fully saturated rings. The lowest BCUT2D eigenvalue weighted by atomic mass is 10.1. The van der Waals surface area contributed by atoms with Crippen LogP contribution in [0.5, 0.6) is 0 Å². The van der Waals surface area contributed by atoms with Crippen LogP contribution in [0.4, 0.5) is 10.1 Å². The maximum absolute atomic E-state index is 14.9. The standard InChI is InChI=1S/C29H34FN3O4S/c1-5-22(3)31-29(35)23(4)32(19-24-14-10-9-13-21(24)2)28(34)20-33(27-18-12-11-17-26(27)30)38(36,37)25-15-7-6-8-16-25/h6-18,22-23H,5,19-20H2,1-4H3,(H,31,35). The number of amides is 2. The molecule has 0 heterocycles. The van der Waals surface area contributed by atoms with E-state index in [1.54, 1.807) is 25.1 Å². The number of halogens is 1. The van der Waals surface area contributed by atoms with E-state index in [0.717, 1.165) is 21.5 Å². The minimum atomic E-state index is -4.31. The highest BCUT2D eigenvalue weighted by Gasteiger charge is 2.33. The van der Waals surface area contributed by atoms with Gasteiger partial charge in [-0.15, -0.1) is 0 Å². The van der Waals surface area contributed by atoms with Gasteiger partial charge in [0, 0.05) is 12.6 Å². The first-order valence-electron chi connectivity index (χ1n) is 12.5. The number of hydrogen-bond acceptors (Lipinski definition) is 4. The van der Waals surface area contributed by atoms with Crippen molar-refractivity contribution < 1.29 is 22.4 Å². The van der Waals surface area contributed by atoms with Crippen LogP contribution in [0.15, 0.2) is 83.8 Å². The molecule has 9 heteroatoms. The van der Waals surface area contributed by atoms with Gasteiger partial charge >= 0.3 is 0 Å². The van der Waals surface area contributed by atoms with E-state index in [1.807, 2.05) is 45.0 Å². The van der Waals surface area contributed by atoms with Crippen molar-refractivity contribution in [2.75, 3.05) is 10.8 Å². The first-order valence-corrected chi connectivity index (χ1v) is 14.0. The second-order valence-corrected chi connectivity index (χ2v) is 11.1. The Bertz CT molecular complexity index is 1370. The van der Waals surface area contributed by atoms with Crippen molar-refractivity contribution >= 4 is 27.5 Å². The van der Waals surface area contributed by atoms with E-state index in [-0.39, 0.29) is 29.1 Å². The van der Waals surface area contributed by atoms with Gasteiger partial charge in [0.15, 0.2) is 0 Å². The zero-order valence-corrected chi connectivity index (χ0v) is 22.9. The summed E-state index contributed by atoms with van der Waals surface area (Å²) >= 11 is 0. The molecule has 0 saturated heterocycles. The number of nitrogens with one attached hydrogen (secondary N) is 1. The summed E-state index contributed by atoms with van der Waals surface area (Å²) in [6.45, 7) is 6.69. The van der Waals surface area contributed by atoms with Gasteiger partial charge < -0.3 is 10.2 Å². The van der Waals surface area contributed by atoms with Gasteiger partial charge in [0.1, 0.15) is 18.4 Å². The van der Waals surface area contributed by atoms with Crippen LogP contribution < -0.4 is 9.62 Å². The van der Waals surface area contributed by atoms with Gasteiger partial charge in [-0.2, -0.15) is 0 Å². The minimum absolute atomic E-state index is 0.0796. The molecule has 0 aliphatic rings. The van der Waals surface area contributed by atoms with Gasteiger partial charge in [0.05, 0.1) is 10.6 Å². The Hall–Kier alpha value is -3.72. The van der Waals surface area contributed by atoms with E-state index in [9.17, 15) is 22.4 Å². The summed E-state index contributed by atoms with van der Waals surface area (Å²) in [5.74, 6) is -1.78. The highest BCUT2D eigenvalue weighted by Crippen LogP contribution is 2.27. The second kappa shape index (κ2) is 12.7. The number of nitrogens with zero attached hydrogens (tertiary/aromatic N) is 2. The molecule has 0 radical (unpaired) electrons. The van der Waals surface area contributed by atoms with Crippen molar-refractivity contribution in [2.24, 2.45) is 0 Å². The van der Waals surface area contributed by atoms with Crippen molar-refractivity contribution in [3.63, 3.8) is 0 Å². The molecular weight excluding hydrogens is 505 g/mol. The first-order chi connectivity index (χ1) is 18.1. The Labute approximate surface area is 224 Å². The molecular formula is C29H34FN3O4S. The van der Waals surface area contributed by atoms with Crippen LogP contribution in [0.2, 0.25) is 0 Å². The average Bonchev–Trinajstić information content (AvgIpc) is 2.91. The third kappa shape index (κ3) is 6.77. The van der Waals surface area contributed by atoms with Crippen LogP contribution >= 0.6 is 0 Å². The van der Waals surface area contributed by atoms with E-state index in [0.29, 0.717) is 6.42 Å². The van der Waals surface area contributed by atoms with Crippen molar-refractivity contribution in [3.8, 4) is 0 Å². The lowest BCUT2D eigenvalue weighted by Gasteiger charge is -2.32. The van der Waals surface area contributed by atoms with Gasteiger partial charge in [-0.25, -0.2) is 12.8 Å². The van der Waals surface area contributed by atoms with E-state index in [4.69, 9.17) is 0 Å². The molecule has 0 aliphatic carbocycles. The molecule has 7 nitrogen and oxygen atoms in total. The zero-order valence-electron chi connectivity index (χ0n) is 22.1. The summed E-state index contributed by atoms with van der Waals surface area (Å²) in [5, 5.41) is 2.89. The quantitative estimate of drug-likeness (QED) is 0.384. The van der Waals surface area contributed by atoms with Crippen molar-refractivity contribution in [1.82, 2.24) is 10.2 Å². The molecule has 0 bridgehead atoms. The van der Waals surface area contributed by atoms with E-state index >= 15 is 0 Å². The van der Waals surface area contributed by atoms with Gasteiger partial charge in [-0.3, -0.25) is 13.9 Å². The number of rotatable bonds is 11. The van der Waals surface area contributed by atoms with Crippen LogP contribution in [-0.4, -0.2) is 43.8 Å². The van der Waals surface area contributed by atoms with Crippen molar-refractivity contribution in [3.05, 3.63) is 95.8 Å². The summed E-state index contributed by atoms with van der Waals surface area (Å²) < 4.78 is 43.0. The Kier molecular flexibility index (Phi) is 9.63. The summed E-state index contributed by atoms with van der Waals surface area (Å²) in [4.78, 5) is 28.2. The maximum Gasteiger partial charge on any atom is 0.264 e. The number of benzene rings is 3. The molecule has 0 saturated carbocycles. The second-order valence-electron chi connectivity index (χ2n) is 9.22. The molecule has 3 aromatic carbocycles. The number of para-hydroxylation sites is 1. The number of sulfonamides is 1. The molecule has 0 spiro atoms. The molecule has 3 rings (SSSR count). The largest absolute Gasteiger partial charge is 0.352 e. The van der Waals surface area contributed by atoms with Crippen molar-refractivity contribution in [2.45, 2.75) is 57.6 Å². The van der Waals surface area contributed by atoms with E-state index in [1.165, 1.54) is 35.2 Å². The Morgan fingerprint density at radius 3 is 2.16 bits per heavy atom. The number of anilines is 1. The summed E-state index contributed by atoms with van der Waals surface area (Å²) in [6.07, 6.45) is 0.709. The Morgan fingerprint density at radius 1 is 0.921 bits per heavy atom. The smallest absolute Gasteiger partial charge is 0.264 e. The van der Waals surface area contributed by atoms with Gasteiger partial charge in [0.25, 0.3) is 10.0 Å². The third-order valence-corrected chi connectivity index (χ3v) is 8.28. The number of carbonyl (C=O) groups excluding carboxylic acids is 2. The third-order valence-electron chi connectivity index (χ3n) is 6.50. The normalized spacial score (nSPS) is 12.9. The molecule has 0 aliphatic heterocycles. The van der Waals surface area contributed by atoms with Gasteiger partial charge in [0.2, 0.25) is 11.8 Å². The van der Waals surface area contributed by atoms with Crippen LogP contribution in [0.25, 0.3) is 0 Å². The van der Waals surface area contributed by atoms with Crippen molar-refractivity contribution in [1.29, 1.82) is 0 Å². The summed E-state index contributed by atoms with van der Waals surface area (Å²) in [5.41, 5.74) is 1.48. The highest BCUT2D eigenvalue weighted by atomic mass is 32.2. The minimum Gasteiger partial charge on any atom is -0.352 e. The predicted molar refractivity (Wildman–Crippen MR) is 146 cm³/mol. The van der Waals surface area contributed by atoms with E-state index in [2.05, 4.69) is 5.32 Å². The lowest BCUT2D eigenvalue weighted by molar-refractivity contribution is -0.139. The maximum atomic E-state index is 14.9. The summed E-state index contributed by atoms with van der Waals surface area (Å²) in [7, 11) is -4.31. The monoisotopic (exact) mass is 539 g/mol. The molecule has 202 valence electrons. The molecule has 1 N–H and O–H groups in total.